The van der Waals surface area contributed by atoms with Crippen LogP contribution in [-0.4, -0.2) is 22.2 Å². The molecule has 5 atom stereocenters. The van der Waals surface area contributed by atoms with Crippen molar-refractivity contribution >= 4 is 51.0 Å². The summed E-state index contributed by atoms with van der Waals surface area (Å²) in [5.74, 6) is 1.35. The Morgan fingerprint density at radius 3 is 2.44 bits per heavy atom. The van der Waals surface area contributed by atoms with Crippen molar-refractivity contribution in [1.29, 1.82) is 0 Å². The number of benzene rings is 2. The van der Waals surface area contributed by atoms with E-state index in [2.05, 4.69) is 48.9 Å². The minimum absolute atomic E-state index is 0.105. The molecule has 0 bridgehead atoms. The van der Waals surface area contributed by atoms with Crippen molar-refractivity contribution in [2.24, 2.45) is 17.8 Å². The average Bonchev–Trinajstić information content (AvgIpc) is 3.05. The Hall–Kier alpha value is -1.63. The van der Waals surface area contributed by atoms with E-state index < -0.39 is 5.54 Å². The summed E-state index contributed by atoms with van der Waals surface area (Å²) in [6.07, 6.45) is 2.66. The van der Waals surface area contributed by atoms with E-state index in [0.29, 0.717) is 27.9 Å². The molecule has 0 radical (unpaired) electrons. The average molecular weight is 564 g/mol. The van der Waals surface area contributed by atoms with E-state index in [0.717, 1.165) is 28.4 Å². The molecule has 7 heteroatoms. The van der Waals surface area contributed by atoms with Crippen LogP contribution in [0.2, 0.25) is 5.02 Å². The van der Waals surface area contributed by atoms with Crippen molar-refractivity contribution < 1.29 is 9.53 Å². The number of carbonyl (C=O) groups excluding carboxylic acids is 1. The fourth-order valence-electron chi connectivity index (χ4n) is 5.50. The Morgan fingerprint density at radius 2 is 1.82 bits per heavy atom. The molecule has 0 aromatic heterocycles. The first-order chi connectivity index (χ1) is 16.1. The SMILES string of the molecule is CC(C)[C@@H]1CC[C@@H](C)CC1OC(=O)N1C(=S)N[C@@](C)(c2ccc(Cl)cc2)[C@H]1c1ccc(Br)cc1. The number of halogens is 2. The summed E-state index contributed by atoms with van der Waals surface area (Å²) < 4.78 is 7.22. The van der Waals surface area contributed by atoms with Crippen LogP contribution in [0, 0.1) is 17.8 Å². The number of hydrogen-bond donors (Lipinski definition) is 1. The molecule has 2 aromatic carbocycles. The van der Waals surface area contributed by atoms with Gasteiger partial charge in [0.1, 0.15) is 6.10 Å². The molecule has 4 nitrogen and oxygen atoms in total. The predicted octanol–water partition coefficient (Wildman–Crippen LogP) is 7.85. The third kappa shape index (κ3) is 5.00. The van der Waals surface area contributed by atoms with Crippen LogP contribution in [0.5, 0.6) is 0 Å². The van der Waals surface area contributed by atoms with Crippen molar-refractivity contribution in [2.75, 3.05) is 0 Å². The van der Waals surface area contributed by atoms with Crippen LogP contribution in [0.3, 0.4) is 0 Å². The van der Waals surface area contributed by atoms with Gasteiger partial charge in [0.05, 0.1) is 11.6 Å². The zero-order valence-electron chi connectivity index (χ0n) is 20.1. The predicted molar refractivity (Wildman–Crippen MR) is 145 cm³/mol. The number of hydrogen-bond acceptors (Lipinski definition) is 3. The minimum atomic E-state index is -0.647. The first-order valence-corrected chi connectivity index (χ1v) is 13.5. The largest absolute Gasteiger partial charge is 0.445 e. The van der Waals surface area contributed by atoms with E-state index in [1.54, 1.807) is 4.90 Å². The van der Waals surface area contributed by atoms with E-state index in [1.165, 1.54) is 6.42 Å². The number of thiocarbonyl (C=S) groups is 1. The van der Waals surface area contributed by atoms with E-state index in [1.807, 2.05) is 48.5 Å². The molecule has 1 aliphatic carbocycles. The fourth-order valence-corrected chi connectivity index (χ4v) is 6.29. The Bertz CT molecular complexity index is 1050. The molecule has 2 aliphatic rings. The lowest BCUT2D eigenvalue weighted by atomic mass is 9.75. The van der Waals surface area contributed by atoms with E-state index >= 15 is 0 Å². The first kappa shape index (κ1) is 25.5. The zero-order chi connectivity index (χ0) is 24.6. The van der Waals surface area contributed by atoms with Gasteiger partial charge in [-0.25, -0.2) is 9.69 Å². The Morgan fingerprint density at radius 1 is 1.18 bits per heavy atom. The standard InChI is InChI=1S/C27H32BrClN2O2S/c1-16(2)22-14-5-17(3)15-23(22)33-26(32)31-24(18-6-10-20(28)11-7-18)27(4,30-25(31)34)19-8-12-21(29)13-9-19/h6-13,16-17,22-24H,5,14-15H2,1-4H3,(H,30,34)/t17-,22+,23?,24-,27+/m1/s1. The number of carbonyl (C=O) groups is 1. The second kappa shape index (κ2) is 10.2. The van der Waals surface area contributed by atoms with Crippen molar-refractivity contribution in [2.45, 2.75) is 64.6 Å². The number of amides is 1. The summed E-state index contributed by atoms with van der Waals surface area (Å²) in [6, 6.07) is 15.3. The van der Waals surface area contributed by atoms with Gasteiger partial charge in [0.15, 0.2) is 5.11 Å². The molecule has 34 heavy (non-hydrogen) atoms. The summed E-state index contributed by atoms with van der Waals surface area (Å²) in [6.45, 7) is 8.74. The molecule has 182 valence electrons. The molecule has 1 amide bonds. The van der Waals surface area contributed by atoms with E-state index in [9.17, 15) is 4.79 Å². The molecule has 4 rings (SSSR count). The van der Waals surface area contributed by atoms with Gasteiger partial charge >= 0.3 is 6.09 Å². The second-order valence-electron chi connectivity index (χ2n) is 10.2. The van der Waals surface area contributed by atoms with Gasteiger partial charge < -0.3 is 10.1 Å². The van der Waals surface area contributed by atoms with Crippen molar-refractivity contribution in [3.05, 3.63) is 69.2 Å². The lowest BCUT2D eigenvalue weighted by Crippen LogP contribution is -2.43. The van der Waals surface area contributed by atoms with Crippen LogP contribution in [0.1, 0.15) is 64.1 Å². The third-order valence-electron chi connectivity index (χ3n) is 7.43. The van der Waals surface area contributed by atoms with Gasteiger partial charge in [0, 0.05) is 9.50 Å². The van der Waals surface area contributed by atoms with Crippen LogP contribution in [0.15, 0.2) is 53.0 Å². The molecule has 1 heterocycles. The highest BCUT2D eigenvalue weighted by Gasteiger charge is 2.52. The quantitative estimate of drug-likeness (QED) is 0.385. The molecular weight excluding hydrogens is 532 g/mol. The topological polar surface area (TPSA) is 41.6 Å². The molecule has 2 fully saturated rings. The molecule has 1 saturated heterocycles. The van der Waals surface area contributed by atoms with Crippen LogP contribution in [0.25, 0.3) is 0 Å². The van der Waals surface area contributed by atoms with Gasteiger partial charge in [0.2, 0.25) is 0 Å². The number of rotatable bonds is 4. The van der Waals surface area contributed by atoms with Crippen LogP contribution < -0.4 is 5.32 Å². The van der Waals surface area contributed by atoms with Crippen molar-refractivity contribution in [3.63, 3.8) is 0 Å². The van der Waals surface area contributed by atoms with Gasteiger partial charge in [-0.3, -0.25) is 0 Å². The summed E-state index contributed by atoms with van der Waals surface area (Å²) >= 11 is 15.4. The summed E-state index contributed by atoms with van der Waals surface area (Å²) in [5.41, 5.74) is 1.32. The normalized spacial score (nSPS) is 29.3. The summed E-state index contributed by atoms with van der Waals surface area (Å²) in [5, 5.41) is 4.48. The first-order valence-electron chi connectivity index (χ1n) is 11.9. The van der Waals surface area contributed by atoms with Gasteiger partial charge in [-0.15, -0.1) is 0 Å². The molecular formula is C27H32BrClN2O2S. The van der Waals surface area contributed by atoms with Crippen LogP contribution in [-0.2, 0) is 10.3 Å². The molecule has 1 unspecified atom stereocenters. The van der Waals surface area contributed by atoms with E-state index in [-0.39, 0.29) is 18.2 Å². The maximum Gasteiger partial charge on any atom is 0.417 e. The minimum Gasteiger partial charge on any atom is -0.445 e. The highest BCUT2D eigenvalue weighted by Crippen LogP contribution is 2.45. The summed E-state index contributed by atoms with van der Waals surface area (Å²) in [7, 11) is 0. The van der Waals surface area contributed by atoms with E-state index in [4.69, 9.17) is 28.6 Å². The molecule has 1 N–H and O–H groups in total. The lowest BCUT2D eigenvalue weighted by Gasteiger charge is -2.38. The van der Waals surface area contributed by atoms with Gasteiger partial charge in [0.25, 0.3) is 0 Å². The Balaban J connectivity index is 1.71. The molecule has 2 aromatic rings. The maximum atomic E-state index is 13.8. The third-order valence-corrected chi connectivity index (χ3v) is 8.51. The van der Waals surface area contributed by atoms with Crippen molar-refractivity contribution in [1.82, 2.24) is 10.2 Å². The smallest absolute Gasteiger partial charge is 0.417 e. The van der Waals surface area contributed by atoms with Gasteiger partial charge in [-0.05, 0) is 85.1 Å². The maximum absolute atomic E-state index is 13.8. The number of ether oxygens (including phenoxy) is 1. The summed E-state index contributed by atoms with van der Waals surface area (Å²) in [4.78, 5) is 15.4. The lowest BCUT2D eigenvalue weighted by molar-refractivity contribution is -0.00700. The monoisotopic (exact) mass is 562 g/mol. The highest BCUT2D eigenvalue weighted by molar-refractivity contribution is 9.10. The Labute approximate surface area is 221 Å². The number of nitrogens with one attached hydrogen (secondary N) is 1. The van der Waals surface area contributed by atoms with Crippen molar-refractivity contribution in [3.8, 4) is 0 Å². The van der Waals surface area contributed by atoms with Crippen LogP contribution in [0.4, 0.5) is 4.79 Å². The van der Waals surface area contributed by atoms with Gasteiger partial charge in [-0.1, -0.05) is 79.0 Å². The zero-order valence-corrected chi connectivity index (χ0v) is 23.2. The number of nitrogens with zero attached hydrogens (tertiary/aromatic N) is 1. The fraction of sp³-hybridized carbons (Fsp3) is 0.481. The van der Waals surface area contributed by atoms with Crippen LogP contribution >= 0.6 is 39.7 Å². The highest BCUT2D eigenvalue weighted by atomic mass is 79.9. The second-order valence-corrected chi connectivity index (χ2v) is 12.0. The molecule has 1 aliphatic heterocycles. The van der Waals surface area contributed by atoms with Gasteiger partial charge in [-0.2, -0.15) is 0 Å². The molecule has 1 saturated carbocycles. The molecule has 0 spiro atoms. The Kier molecular flexibility index (Phi) is 7.61.